The van der Waals surface area contributed by atoms with Crippen LogP contribution in [0, 0.1) is 10.1 Å². The van der Waals surface area contributed by atoms with Crippen molar-refractivity contribution in [1.82, 2.24) is 24.4 Å². The van der Waals surface area contributed by atoms with Crippen LogP contribution in [0.15, 0.2) is 24.3 Å². The van der Waals surface area contributed by atoms with Gasteiger partial charge in [0.25, 0.3) is 5.69 Å². The predicted octanol–water partition coefficient (Wildman–Crippen LogP) is 2.83. The summed E-state index contributed by atoms with van der Waals surface area (Å²) in [5, 5.41) is 26.4. The van der Waals surface area contributed by atoms with Crippen LogP contribution in [0.5, 0.6) is 5.88 Å². The van der Waals surface area contributed by atoms with Crippen LogP contribution in [0.4, 0.5) is 10.5 Å². The highest BCUT2D eigenvalue weighted by molar-refractivity contribution is 7.17. The molecule has 0 aliphatic carbocycles. The second-order valence-electron chi connectivity index (χ2n) is 7.34. The minimum absolute atomic E-state index is 0.000844. The topological polar surface area (TPSA) is 126 Å². The second-order valence-corrected chi connectivity index (χ2v) is 8.35. The van der Waals surface area contributed by atoms with Crippen LogP contribution in [-0.2, 0) is 11.2 Å². The lowest BCUT2D eigenvalue weighted by molar-refractivity contribution is -0.384. The number of carbonyl (C=O) groups excluding carboxylic acids is 1. The van der Waals surface area contributed by atoms with E-state index in [4.69, 9.17) is 4.74 Å². The average molecular weight is 461 g/mol. The SMILES string of the molecule is CCOC(=O)N1CCN([C@H](c2ccc([N+](=O)[O-])cc2)c2sc3nc(CC)nn3c2O)CC1. The van der Waals surface area contributed by atoms with Gasteiger partial charge in [-0.1, -0.05) is 30.4 Å². The number of aryl methyl sites for hydroxylation is 1. The van der Waals surface area contributed by atoms with Crippen LogP contribution in [0.1, 0.15) is 36.2 Å². The molecular formula is C20H24N6O5S. The van der Waals surface area contributed by atoms with Gasteiger partial charge >= 0.3 is 6.09 Å². The number of ether oxygens (including phenoxy) is 1. The van der Waals surface area contributed by atoms with Crippen molar-refractivity contribution in [2.24, 2.45) is 0 Å². The molecule has 3 aromatic rings. The lowest BCUT2D eigenvalue weighted by atomic mass is 10.0. The van der Waals surface area contributed by atoms with E-state index in [9.17, 15) is 20.0 Å². The fourth-order valence-corrected chi connectivity index (χ4v) is 4.94. The number of benzene rings is 1. The molecule has 0 saturated carbocycles. The molecule has 1 atom stereocenters. The fraction of sp³-hybridized carbons (Fsp3) is 0.450. The Labute approximate surface area is 188 Å². The molecule has 1 amide bonds. The first kappa shape index (κ1) is 22.0. The van der Waals surface area contributed by atoms with Crippen molar-refractivity contribution < 1.29 is 19.6 Å². The first-order valence-corrected chi connectivity index (χ1v) is 11.2. The summed E-state index contributed by atoms with van der Waals surface area (Å²) in [6, 6.07) is 5.96. The lowest BCUT2D eigenvalue weighted by Gasteiger charge is -2.38. The molecular weight excluding hydrogens is 436 g/mol. The maximum Gasteiger partial charge on any atom is 0.409 e. The number of aromatic hydroxyl groups is 1. The fourth-order valence-electron chi connectivity index (χ4n) is 3.80. The zero-order valence-corrected chi connectivity index (χ0v) is 18.6. The number of carbonyl (C=O) groups is 1. The summed E-state index contributed by atoms with van der Waals surface area (Å²) < 4.78 is 6.54. The van der Waals surface area contributed by atoms with Crippen LogP contribution in [0.25, 0.3) is 4.96 Å². The largest absolute Gasteiger partial charge is 0.492 e. The zero-order chi connectivity index (χ0) is 22.8. The Hall–Kier alpha value is -3.25. The van der Waals surface area contributed by atoms with Crippen LogP contribution in [0.2, 0.25) is 0 Å². The van der Waals surface area contributed by atoms with E-state index in [2.05, 4.69) is 15.0 Å². The number of rotatable bonds is 6. The molecule has 0 radical (unpaired) electrons. The van der Waals surface area contributed by atoms with Crippen molar-refractivity contribution in [1.29, 1.82) is 0 Å². The molecule has 170 valence electrons. The Morgan fingerprint density at radius 3 is 2.50 bits per heavy atom. The van der Waals surface area contributed by atoms with Gasteiger partial charge in [0.15, 0.2) is 5.82 Å². The Balaban J connectivity index is 1.68. The van der Waals surface area contributed by atoms with Crippen LogP contribution < -0.4 is 0 Å². The van der Waals surface area contributed by atoms with Crippen molar-refractivity contribution >= 4 is 28.1 Å². The molecule has 32 heavy (non-hydrogen) atoms. The summed E-state index contributed by atoms with van der Waals surface area (Å²) in [6.45, 7) is 6.09. The van der Waals surface area contributed by atoms with Gasteiger partial charge in [-0.25, -0.2) is 9.78 Å². The van der Waals surface area contributed by atoms with E-state index in [-0.39, 0.29) is 23.7 Å². The molecule has 12 heteroatoms. The Bertz CT molecular complexity index is 1120. The number of nitro groups is 1. The highest BCUT2D eigenvalue weighted by Gasteiger charge is 2.33. The molecule has 11 nitrogen and oxygen atoms in total. The van der Waals surface area contributed by atoms with Gasteiger partial charge in [0.2, 0.25) is 10.8 Å². The molecule has 4 rings (SSSR count). The van der Waals surface area contributed by atoms with Gasteiger partial charge < -0.3 is 14.7 Å². The second kappa shape index (κ2) is 9.09. The lowest BCUT2D eigenvalue weighted by Crippen LogP contribution is -2.49. The van der Waals surface area contributed by atoms with E-state index in [0.29, 0.717) is 54.9 Å². The number of thiazole rings is 1. The number of nitro benzene ring substituents is 1. The quantitative estimate of drug-likeness (QED) is 0.440. The van der Waals surface area contributed by atoms with E-state index < -0.39 is 4.92 Å². The third kappa shape index (κ3) is 4.10. The van der Waals surface area contributed by atoms with Crippen molar-refractivity contribution in [3.8, 4) is 5.88 Å². The van der Waals surface area contributed by atoms with Gasteiger partial charge in [-0.15, -0.1) is 5.10 Å². The van der Waals surface area contributed by atoms with E-state index >= 15 is 0 Å². The van der Waals surface area contributed by atoms with E-state index in [0.717, 1.165) is 5.56 Å². The predicted molar refractivity (Wildman–Crippen MR) is 117 cm³/mol. The molecule has 0 unspecified atom stereocenters. The number of piperazine rings is 1. The standard InChI is InChI=1S/C20H24N6O5S/c1-3-15-21-19-25(22-15)18(27)17(32-19)16(13-5-7-14(8-6-13)26(29)30)23-9-11-24(12-10-23)20(28)31-4-2/h5-8,16,27H,3-4,9-12H2,1-2H3/t16-/m1/s1. The Morgan fingerprint density at radius 1 is 1.25 bits per heavy atom. The molecule has 1 aliphatic rings. The number of fused-ring (bicyclic) bond motifs is 1. The van der Waals surface area contributed by atoms with Crippen LogP contribution >= 0.6 is 11.3 Å². The van der Waals surface area contributed by atoms with Gasteiger partial charge in [0.05, 0.1) is 22.4 Å². The van der Waals surface area contributed by atoms with Crippen molar-refractivity contribution in [3.05, 3.63) is 50.6 Å². The summed E-state index contributed by atoms with van der Waals surface area (Å²) in [7, 11) is 0. The monoisotopic (exact) mass is 460 g/mol. The van der Waals surface area contributed by atoms with Gasteiger partial charge in [-0.05, 0) is 12.5 Å². The molecule has 0 spiro atoms. The first-order chi connectivity index (χ1) is 15.4. The number of amides is 1. The maximum absolute atomic E-state index is 12.1. The Morgan fingerprint density at radius 2 is 1.94 bits per heavy atom. The van der Waals surface area contributed by atoms with Crippen molar-refractivity contribution in [2.45, 2.75) is 26.3 Å². The molecule has 1 N–H and O–H groups in total. The number of aromatic nitrogens is 3. The number of hydrogen-bond acceptors (Lipinski definition) is 9. The maximum atomic E-state index is 12.1. The highest BCUT2D eigenvalue weighted by Crippen LogP contribution is 2.40. The van der Waals surface area contributed by atoms with Crippen LogP contribution in [0.3, 0.4) is 0 Å². The van der Waals surface area contributed by atoms with Gasteiger partial charge in [0, 0.05) is 44.7 Å². The summed E-state index contributed by atoms with van der Waals surface area (Å²) in [5.41, 5.74) is 0.801. The normalized spacial score (nSPS) is 15.8. The number of nitrogens with zero attached hydrogens (tertiary/aromatic N) is 6. The molecule has 1 fully saturated rings. The minimum Gasteiger partial charge on any atom is -0.492 e. The van der Waals surface area contributed by atoms with Gasteiger partial charge in [-0.3, -0.25) is 15.0 Å². The third-order valence-electron chi connectivity index (χ3n) is 5.43. The smallest absolute Gasteiger partial charge is 0.409 e. The Kier molecular flexibility index (Phi) is 6.24. The van der Waals surface area contributed by atoms with Gasteiger partial charge in [-0.2, -0.15) is 4.52 Å². The van der Waals surface area contributed by atoms with E-state index in [1.807, 2.05) is 6.92 Å². The first-order valence-electron chi connectivity index (χ1n) is 10.4. The highest BCUT2D eigenvalue weighted by atomic mass is 32.1. The summed E-state index contributed by atoms with van der Waals surface area (Å²) in [5.74, 6) is 0.654. The summed E-state index contributed by atoms with van der Waals surface area (Å²) >= 11 is 1.34. The summed E-state index contributed by atoms with van der Waals surface area (Å²) in [6.07, 6.45) is 0.317. The van der Waals surface area contributed by atoms with E-state index in [1.165, 1.54) is 28.0 Å². The summed E-state index contributed by atoms with van der Waals surface area (Å²) in [4.78, 5) is 32.2. The average Bonchev–Trinajstić information content (AvgIpc) is 3.34. The molecule has 0 bridgehead atoms. The molecule has 1 aromatic carbocycles. The molecule has 2 aromatic heterocycles. The van der Waals surface area contributed by atoms with Crippen LogP contribution in [-0.4, -0.2) is 73.3 Å². The van der Waals surface area contributed by atoms with Crippen molar-refractivity contribution in [2.75, 3.05) is 32.8 Å². The third-order valence-corrected chi connectivity index (χ3v) is 6.51. The van der Waals surface area contributed by atoms with E-state index in [1.54, 1.807) is 24.0 Å². The van der Waals surface area contributed by atoms with Gasteiger partial charge in [0.1, 0.15) is 0 Å². The zero-order valence-electron chi connectivity index (χ0n) is 17.8. The molecule has 3 heterocycles. The number of non-ortho nitro benzene ring substituents is 1. The molecule has 1 aliphatic heterocycles. The minimum atomic E-state index is -0.441. The van der Waals surface area contributed by atoms with Crippen molar-refractivity contribution in [3.63, 3.8) is 0 Å². The molecule has 1 saturated heterocycles. The number of hydrogen-bond donors (Lipinski definition) is 1.